The van der Waals surface area contributed by atoms with Crippen molar-refractivity contribution < 1.29 is 5.11 Å². The van der Waals surface area contributed by atoms with Gasteiger partial charge in [-0.25, -0.2) is 0 Å². The molecule has 0 saturated heterocycles. The molecule has 3 N–H and O–H groups in total. The van der Waals surface area contributed by atoms with Gasteiger partial charge in [-0.05, 0) is 31.4 Å². The zero-order valence-electron chi connectivity index (χ0n) is 9.67. The minimum Gasteiger partial charge on any atom is -0.395 e. The summed E-state index contributed by atoms with van der Waals surface area (Å²) in [5.41, 5.74) is 7.26. The maximum atomic E-state index is 9.14. The lowest BCUT2D eigenvalue weighted by atomic mass is 9.91. The highest BCUT2D eigenvalue weighted by atomic mass is 32.1. The number of nitrogens with two attached hydrogens (primary N) is 1. The van der Waals surface area contributed by atoms with Crippen LogP contribution >= 0.6 is 12.2 Å². The lowest BCUT2D eigenvalue weighted by Gasteiger charge is -2.39. The molecule has 0 aliphatic heterocycles. The fourth-order valence-corrected chi connectivity index (χ4v) is 2.17. The molecule has 0 amide bonds. The van der Waals surface area contributed by atoms with Gasteiger partial charge in [0.2, 0.25) is 0 Å². The van der Waals surface area contributed by atoms with Crippen molar-refractivity contribution in [3.05, 3.63) is 24.0 Å². The van der Waals surface area contributed by atoms with Crippen LogP contribution in [0, 0.1) is 0 Å². The molecule has 1 aliphatic rings. The fourth-order valence-electron chi connectivity index (χ4n) is 2.06. The molecular weight excluding hydrogens is 234 g/mol. The average molecular weight is 251 g/mol. The Balaban J connectivity index is 2.22. The van der Waals surface area contributed by atoms with Crippen LogP contribution in [0.2, 0.25) is 0 Å². The van der Waals surface area contributed by atoms with Gasteiger partial charge in [0.05, 0.1) is 12.3 Å². The van der Waals surface area contributed by atoms with Crippen molar-refractivity contribution in [1.82, 2.24) is 4.98 Å². The summed E-state index contributed by atoms with van der Waals surface area (Å²) in [4.78, 5) is 6.65. The van der Waals surface area contributed by atoms with Gasteiger partial charge >= 0.3 is 0 Å². The van der Waals surface area contributed by atoms with Crippen molar-refractivity contribution >= 4 is 22.9 Å². The van der Waals surface area contributed by atoms with E-state index in [1.165, 1.54) is 19.3 Å². The predicted octanol–water partition coefficient (Wildman–Crippen LogP) is 1.07. The standard InChI is InChI=1S/C12H17N3OS/c13-12(17)11-8-10(4-5-14-11)15(6-7-16)9-2-1-3-9/h4-5,8-9,16H,1-3,6-7H2,(H2,13,17). The zero-order chi connectivity index (χ0) is 12.3. The van der Waals surface area contributed by atoms with Gasteiger partial charge in [0.25, 0.3) is 0 Å². The molecule has 1 heterocycles. The summed E-state index contributed by atoms with van der Waals surface area (Å²) in [7, 11) is 0. The molecule has 0 bridgehead atoms. The van der Waals surface area contributed by atoms with Crippen LogP contribution in [0.25, 0.3) is 0 Å². The van der Waals surface area contributed by atoms with E-state index >= 15 is 0 Å². The Morgan fingerprint density at radius 2 is 2.35 bits per heavy atom. The first kappa shape index (κ1) is 12.3. The monoisotopic (exact) mass is 251 g/mol. The Labute approximate surface area is 106 Å². The third-order valence-corrected chi connectivity index (χ3v) is 3.39. The molecule has 0 spiro atoms. The number of aliphatic hydroxyl groups excluding tert-OH is 1. The molecule has 0 atom stereocenters. The number of aromatic nitrogens is 1. The van der Waals surface area contributed by atoms with Gasteiger partial charge in [-0.1, -0.05) is 12.2 Å². The fraction of sp³-hybridized carbons (Fsp3) is 0.500. The van der Waals surface area contributed by atoms with Crippen LogP contribution in [-0.2, 0) is 0 Å². The third kappa shape index (κ3) is 2.73. The summed E-state index contributed by atoms with van der Waals surface area (Å²) in [6, 6.07) is 4.37. The van der Waals surface area contributed by atoms with Crippen molar-refractivity contribution in [3.63, 3.8) is 0 Å². The molecule has 17 heavy (non-hydrogen) atoms. The van der Waals surface area contributed by atoms with E-state index in [0.29, 0.717) is 23.3 Å². The number of pyridine rings is 1. The third-order valence-electron chi connectivity index (χ3n) is 3.18. The molecular formula is C12H17N3OS. The van der Waals surface area contributed by atoms with Crippen LogP contribution in [-0.4, -0.2) is 34.3 Å². The highest BCUT2D eigenvalue weighted by Crippen LogP contribution is 2.29. The molecule has 1 saturated carbocycles. The second kappa shape index (κ2) is 5.42. The summed E-state index contributed by atoms with van der Waals surface area (Å²) < 4.78 is 0. The van der Waals surface area contributed by atoms with Crippen LogP contribution in [0.15, 0.2) is 18.3 Å². The lowest BCUT2D eigenvalue weighted by Crippen LogP contribution is -2.42. The molecule has 0 aromatic carbocycles. The Hall–Kier alpha value is -1.20. The summed E-state index contributed by atoms with van der Waals surface area (Å²) >= 11 is 4.93. The van der Waals surface area contributed by atoms with Crippen molar-refractivity contribution in [3.8, 4) is 0 Å². The van der Waals surface area contributed by atoms with Gasteiger partial charge in [0.15, 0.2) is 0 Å². The summed E-state index contributed by atoms with van der Waals surface area (Å²) in [6.07, 6.45) is 5.35. The smallest absolute Gasteiger partial charge is 0.122 e. The molecule has 1 aliphatic carbocycles. The predicted molar refractivity (Wildman–Crippen MR) is 72.2 cm³/mol. The zero-order valence-corrected chi connectivity index (χ0v) is 10.5. The highest BCUT2D eigenvalue weighted by molar-refractivity contribution is 7.80. The van der Waals surface area contributed by atoms with E-state index in [2.05, 4.69) is 9.88 Å². The Morgan fingerprint density at radius 1 is 1.59 bits per heavy atom. The van der Waals surface area contributed by atoms with Crippen LogP contribution in [0.3, 0.4) is 0 Å². The Morgan fingerprint density at radius 3 is 2.88 bits per heavy atom. The quantitative estimate of drug-likeness (QED) is 0.766. The molecule has 92 valence electrons. The van der Waals surface area contributed by atoms with Crippen LogP contribution < -0.4 is 10.6 Å². The minimum atomic E-state index is 0.154. The van der Waals surface area contributed by atoms with Crippen LogP contribution in [0.5, 0.6) is 0 Å². The molecule has 1 aromatic heterocycles. The topological polar surface area (TPSA) is 62.4 Å². The van der Waals surface area contributed by atoms with Gasteiger partial charge in [0.1, 0.15) is 4.99 Å². The number of nitrogens with zero attached hydrogens (tertiary/aromatic N) is 2. The van der Waals surface area contributed by atoms with Crippen molar-refractivity contribution in [2.45, 2.75) is 25.3 Å². The molecule has 1 aromatic rings. The Bertz CT molecular complexity index is 406. The molecule has 2 rings (SSSR count). The average Bonchev–Trinajstić information content (AvgIpc) is 2.26. The van der Waals surface area contributed by atoms with Gasteiger partial charge in [0, 0.05) is 24.5 Å². The molecule has 0 radical (unpaired) electrons. The number of aliphatic hydroxyl groups is 1. The lowest BCUT2D eigenvalue weighted by molar-refractivity contribution is 0.283. The van der Waals surface area contributed by atoms with Gasteiger partial charge < -0.3 is 15.7 Å². The number of rotatable bonds is 5. The first-order valence-corrected chi connectivity index (χ1v) is 6.26. The second-order valence-corrected chi connectivity index (χ2v) is 4.71. The van der Waals surface area contributed by atoms with E-state index in [-0.39, 0.29) is 6.61 Å². The number of hydrogen-bond donors (Lipinski definition) is 2. The maximum absolute atomic E-state index is 9.14. The van der Waals surface area contributed by atoms with Gasteiger partial charge in [-0.2, -0.15) is 0 Å². The summed E-state index contributed by atoms with van der Waals surface area (Å²) in [6.45, 7) is 0.798. The van der Waals surface area contributed by atoms with Crippen LogP contribution in [0.4, 0.5) is 5.69 Å². The largest absolute Gasteiger partial charge is 0.395 e. The number of hydrogen-bond acceptors (Lipinski definition) is 4. The summed E-state index contributed by atoms with van der Waals surface area (Å²) in [5.74, 6) is 0. The molecule has 0 unspecified atom stereocenters. The minimum absolute atomic E-state index is 0.154. The van der Waals surface area contributed by atoms with E-state index in [0.717, 1.165) is 5.69 Å². The SMILES string of the molecule is NC(=S)c1cc(N(CCO)C2CCC2)ccn1. The molecule has 1 fully saturated rings. The highest BCUT2D eigenvalue weighted by Gasteiger charge is 2.25. The number of thiocarbonyl (C=S) groups is 1. The molecule has 5 heteroatoms. The van der Waals surface area contributed by atoms with E-state index in [9.17, 15) is 0 Å². The summed E-state index contributed by atoms with van der Waals surface area (Å²) in [5, 5.41) is 9.14. The van der Waals surface area contributed by atoms with Gasteiger partial charge in [-0.15, -0.1) is 0 Å². The van der Waals surface area contributed by atoms with E-state index in [1.807, 2.05) is 12.1 Å². The maximum Gasteiger partial charge on any atom is 0.122 e. The van der Waals surface area contributed by atoms with E-state index in [4.69, 9.17) is 23.1 Å². The van der Waals surface area contributed by atoms with Crippen molar-refractivity contribution in [1.29, 1.82) is 0 Å². The second-order valence-electron chi connectivity index (χ2n) is 4.27. The first-order chi connectivity index (χ1) is 8.22. The van der Waals surface area contributed by atoms with Crippen LogP contribution in [0.1, 0.15) is 25.0 Å². The number of anilines is 1. The van der Waals surface area contributed by atoms with Gasteiger partial charge in [-0.3, -0.25) is 4.98 Å². The Kier molecular flexibility index (Phi) is 3.91. The molecule has 4 nitrogen and oxygen atoms in total. The normalized spacial score (nSPS) is 15.4. The van der Waals surface area contributed by atoms with E-state index < -0.39 is 0 Å². The van der Waals surface area contributed by atoms with Crippen molar-refractivity contribution in [2.24, 2.45) is 5.73 Å². The first-order valence-electron chi connectivity index (χ1n) is 5.85. The van der Waals surface area contributed by atoms with E-state index in [1.54, 1.807) is 6.20 Å². The van der Waals surface area contributed by atoms with Crippen molar-refractivity contribution in [2.75, 3.05) is 18.1 Å².